The molecule has 0 fully saturated rings. The molecule has 0 radical (unpaired) electrons. The highest BCUT2D eigenvalue weighted by Crippen LogP contribution is 2.12. The van der Waals surface area contributed by atoms with Crippen LogP contribution in [-0.2, 0) is 16.0 Å². The summed E-state index contributed by atoms with van der Waals surface area (Å²) in [6, 6.07) is 5.23. The number of amides is 1. The Hall–Kier alpha value is -1.11. The largest absolute Gasteiger partial charge is 0.611 e. The molecule has 1 atom stereocenters. The van der Waals surface area contributed by atoms with Crippen LogP contribution >= 0.6 is 0 Å². The van der Waals surface area contributed by atoms with Gasteiger partial charge in [0.25, 0.3) is 0 Å². The zero-order valence-electron chi connectivity index (χ0n) is 7.77. The van der Waals surface area contributed by atoms with Crippen molar-refractivity contribution < 1.29 is 18.9 Å². The summed E-state index contributed by atoms with van der Waals surface area (Å²) in [4.78, 5) is 11.1. The summed E-state index contributed by atoms with van der Waals surface area (Å²) < 4.78 is 24.0. The fourth-order valence-corrected chi connectivity index (χ4v) is 1.99. The molecule has 2 N–H and O–H groups in total. The van der Waals surface area contributed by atoms with E-state index in [9.17, 15) is 13.7 Å². The van der Waals surface area contributed by atoms with Gasteiger partial charge in [0, 0.05) is 0 Å². The number of carbonyl (C=O) groups excluding carboxylic acids is 1. The van der Waals surface area contributed by atoms with Gasteiger partial charge in [-0.25, -0.2) is 9.87 Å². The lowest BCUT2D eigenvalue weighted by atomic mass is 10.4. The minimum Gasteiger partial charge on any atom is -0.611 e. The Morgan fingerprint density at radius 3 is 2.60 bits per heavy atom. The third kappa shape index (κ3) is 3.86. The predicted octanol–water partition coefficient (Wildman–Crippen LogP) is 0.829. The Morgan fingerprint density at radius 2 is 2.07 bits per heavy atom. The molecule has 0 spiro atoms. The van der Waals surface area contributed by atoms with Gasteiger partial charge in [0.2, 0.25) is 5.91 Å². The maximum atomic E-state index is 12.5. The minimum atomic E-state index is -1.35. The van der Waals surface area contributed by atoms with E-state index in [-0.39, 0.29) is 12.2 Å². The van der Waals surface area contributed by atoms with Crippen molar-refractivity contribution in [1.29, 1.82) is 0 Å². The van der Waals surface area contributed by atoms with Gasteiger partial charge in [-0.3, -0.25) is 10.0 Å². The van der Waals surface area contributed by atoms with Gasteiger partial charge in [-0.1, -0.05) is 0 Å². The molecule has 1 rings (SSSR count). The molecule has 0 saturated heterocycles. The first-order chi connectivity index (χ1) is 7.13. The summed E-state index contributed by atoms with van der Waals surface area (Å²) in [6.07, 6.45) is -0.0412. The highest BCUT2D eigenvalue weighted by atomic mass is 32.2. The van der Waals surface area contributed by atoms with Crippen LogP contribution in [0.15, 0.2) is 29.2 Å². The van der Waals surface area contributed by atoms with Crippen LogP contribution in [0.4, 0.5) is 4.39 Å². The van der Waals surface area contributed by atoms with Crippen molar-refractivity contribution in [2.45, 2.75) is 11.3 Å². The van der Waals surface area contributed by atoms with Crippen LogP contribution in [0.3, 0.4) is 0 Å². The van der Waals surface area contributed by atoms with Gasteiger partial charge >= 0.3 is 0 Å². The Morgan fingerprint density at radius 1 is 1.47 bits per heavy atom. The molecule has 0 bridgehead atoms. The lowest BCUT2D eigenvalue weighted by molar-refractivity contribution is -0.128. The molecule has 82 valence electrons. The smallest absolute Gasteiger partial charge is 0.248 e. The van der Waals surface area contributed by atoms with Crippen LogP contribution in [0.1, 0.15) is 6.42 Å². The molecule has 0 aliphatic carbocycles. The van der Waals surface area contributed by atoms with Crippen molar-refractivity contribution in [2.75, 3.05) is 5.75 Å². The summed E-state index contributed by atoms with van der Waals surface area (Å²) in [5.41, 5.74) is 1.45. The molecular formula is C9H10FNO3S. The Bertz CT molecular complexity index is 331. The first kappa shape index (κ1) is 12.0. The van der Waals surface area contributed by atoms with E-state index in [0.717, 1.165) is 0 Å². The quantitative estimate of drug-likeness (QED) is 0.458. The predicted molar refractivity (Wildman–Crippen MR) is 52.2 cm³/mol. The van der Waals surface area contributed by atoms with E-state index >= 15 is 0 Å². The third-order valence-electron chi connectivity index (χ3n) is 1.72. The molecule has 1 unspecified atom stereocenters. The summed E-state index contributed by atoms with van der Waals surface area (Å²) in [5.74, 6) is -0.896. The first-order valence-corrected chi connectivity index (χ1v) is 5.52. The molecular weight excluding hydrogens is 221 g/mol. The molecule has 1 aromatic carbocycles. The number of carbonyl (C=O) groups is 1. The van der Waals surface area contributed by atoms with E-state index in [0.29, 0.717) is 4.90 Å². The van der Waals surface area contributed by atoms with E-state index in [1.807, 2.05) is 0 Å². The van der Waals surface area contributed by atoms with Crippen molar-refractivity contribution in [2.24, 2.45) is 0 Å². The van der Waals surface area contributed by atoms with Gasteiger partial charge in [-0.05, 0) is 35.4 Å². The van der Waals surface area contributed by atoms with E-state index in [1.54, 1.807) is 0 Å². The van der Waals surface area contributed by atoms with E-state index in [4.69, 9.17) is 5.21 Å². The fourth-order valence-electron chi connectivity index (χ4n) is 0.946. The van der Waals surface area contributed by atoms with Crippen LogP contribution in [0.25, 0.3) is 0 Å². The molecule has 1 aromatic rings. The molecule has 1 amide bonds. The highest BCUT2D eigenvalue weighted by molar-refractivity contribution is 7.91. The fraction of sp³-hybridized carbons (Fsp3) is 0.222. The van der Waals surface area contributed by atoms with E-state index < -0.39 is 22.9 Å². The Balaban J connectivity index is 2.50. The number of hydrogen-bond acceptors (Lipinski definition) is 3. The van der Waals surface area contributed by atoms with Crippen molar-refractivity contribution in [3.8, 4) is 0 Å². The second-order valence-electron chi connectivity index (χ2n) is 2.79. The second-order valence-corrected chi connectivity index (χ2v) is 4.36. The molecule has 0 saturated carbocycles. The number of benzene rings is 1. The van der Waals surface area contributed by atoms with Crippen LogP contribution in [0, 0.1) is 5.82 Å². The summed E-state index contributed by atoms with van der Waals surface area (Å²) in [7, 11) is 0. The standard InChI is InChI=1S/C9H10FNO3S/c10-7-1-3-8(4-2-7)15(14)6-5-9(12)11-13/h1-4,13H,5-6H2,(H,11,12). The number of nitrogens with one attached hydrogen (secondary N) is 1. The lowest BCUT2D eigenvalue weighted by Crippen LogP contribution is -2.22. The van der Waals surface area contributed by atoms with Gasteiger partial charge in [-0.2, -0.15) is 0 Å². The highest BCUT2D eigenvalue weighted by Gasteiger charge is 2.12. The van der Waals surface area contributed by atoms with Crippen molar-refractivity contribution in [1.82, 2.24) is 5.48 Å². The van der Waals surface area contributed by atoms with Crippen LogP contribution in [0.5, 0.6) is 0 Å². The van der Waals surface area contributed by atoms with E-state index in [2.05, 4.69) is 0 Å². The van der Waals surface area contributed by atoms with Gasteiger partial charge < -0.3 is 4.55 Å². The maximum absolute atomic E-state index is 12.5. The first-order valence-electron chi connectivity index (χ1n) is 4.20. The van der Waals surface area contributed by atoms with Crippen molar-refractivity contribution in [3.63, 3.8) is 0 Å². The third-order valence-corrected chi connectivity index (χ3v) is 3.09. The molecule has 0 aliphatic heterocycles. The zero-order valence-corrected chi connectivity index (χ0v) is 8.59. The molecule has 0 heterocycles. The van der Waals surface area contributed by atoms with Crippen molar-refractivity contribution >= 4 is 17.1 Å². The average molecular weight is 231 g/mol. The zero-order chi connectivity index (χ0) is 11.3. The molecule has 0 aliphatic rings. The number of hydrogen-bond donors (Lipinski definition) is 2. The normalized spacial score (nSPS) is 12.2. The Labute approximate surface area is 89.2 Å². The molecule has 6 heteroatoms. The second kappa shape index (κ2) is 5.69. The summed E-state index contributed by atoms with van der Waals surface area (Å²) >= 11 is -1.35. The Kier molecular flexibility index (Phi) is 4.54. The molecule has 15 heavy (non-hydrogen) atoms. The topological polar surface area (TPSA) is 72.4 Å². The molecule has 0 aromatic heterocycles. The van der Waals surface area contributed by atoms with Crippen LogP contribution in [0.2, 0.25) is 0 Å². The summed E-state index contributed by atoms with van der Waals surface area (Å²) in [6.45, 7) is 0. The van der Waals surface area contributed by atoms with Gasteiger partial charge in [0.1, 0.15) is 11.6 Å². The number of halogens is 1. The van der Waals surface area contributed by atoms with E-state index in [1.165, 1.54) is 29.7 Å². The minimum absolute atomic E-state index is 0.0412. The van der Waals surface area contributed by atoms with Gasteiger partial charge in [0.15, 0.2) is 4.90 Å². The SMILES string of the molecule is O=C(CC[S+]([O-])c1ccc(F)cc1)NO. The van der Waals surface area contributed by atoms with Crippen LogP contribution in [-0.4, -0.2) is 21.4 Å². The lowest BCUT2D eigenvalue weighted by Gasteiger charge is -2.09. The average Bonchev–Trinajstić information content (AvgIpc) is 2.26. The van der Waals surface area contributed by atoms with Gasteiger partial charge in [-0.15, -0.1) is 0 Å². The van der Waals surface area contributed by atoms with Crippen LogP contribution < -0.4 is 5.48 Å². The van der Waals surface area contributed by atoms with Crippen molar-refractivity contribution in [3.05, 3.63) is 30.1 Å². The maximum Gasteiger partial charge on any atom is 0.248 e. The summed E-state index contributed by atoms with van der Waals surface area (Å²) in [5, 5.41) is 8.21. The van der Waals surface area contributed by atoms with Gasteiger partial charge in [0.05, 0.1) is 6.42 Å². The molecule has 4 nitrogen and oxygen atoms in total. The number of hydroxylamine groups is 1. The monoisotopic (exact) mass is 231 g/mol. The number of rotatable bonds is 4.